The first kappa shape index (κ1) is 10.7. The molecule has 1 atom stereocenters. The molecule has 1 aromatic heterocycles. The predicted octanol–water partition coefficient (Wildman–Crippen LogP) is 2.05. The number of aliphatic hydroxyl groups excluding tert-OH is 1. The van der Waals surface area contributed by atoms with Crippen LogP contribution in [0.25, 0.3) is 0 Å². The van der Waals surface area contributed by atoms with E-state index in [9.17, 15) is 5.11 Å². The van der Waals surface area contributed by atoms with Crippen molar-refractivity contribution >= 4 is 0 Å². The van der Waals surface area contributed by atoms with Crippen LogP contribution in [-0.2, 0) is 12.0 Å². The molecule has 0 saturated carbocycles. The van der Waals surface area contributed by atoms with E-state index in [1.807, 2.05) is 0 Å². The van der Waals surface area contributed by atoms with Crippen molar-refractivity contribution in [3.8, 4) is 0 Å². The monoisotopic (exact) mass is 208 g/mol. The maximum absolute atomic E-state index is 9.30. The van der Waals surface area contributed by atoms with Gasteiger partial charge in [0.2, 0.25) is 0 Å². The van der Waals surface area contributed by atoms with Gasteiger partial charge in [0.05, 0.1) is 12.3 Å². The molecule has 1 unspecified atom stereocenters. The Morgan fingerprint density at radius 2 is 2.27 bits per heavy atom. The largest absolute Gasteiger partial charge is 0.396 e. The second-order valence-corrected chi connectivity index (χ2v) is 5.45. The normalized spacial score (nSPS) is 21.5. The minimum Gasteiger partial charge on any atom is -0.396 e. The number of aryl methyl sites for hydroxylation is 1. The number of hydrogen-bond donors (Lipinski definition) is 1. The summed E-state index contributed by atoms with van der Waals surface area (Å²) in [7, 11) is 0. The summed E-state index contributed by atoms with van der Waals surface area (Å²) >= 11 is 0. The van der Waals surface area contributed by atoms with Crippen molar-refractivity contribution in [2.45, 2.75) is 51.5 Å². The highest BCUT2D eigenvalue weighted by atomic mass is 16.3. The minimum atomic E-state index is 0.102. The molecule has 1 aromatic rings. The lowest BCUT2D eigenvalue weighted by Crippen LogP contribution is -2.18. The van der Waals surface area contributed by atoms with Crippen molar-refractivity contribution in [1.82, 2.24) is 9.55 Å². The third kappa shape index (κ3) is 1.93. The van der Waals surface area contributed by atoms with Crippen LogP contribution in [0.15, 0.2) is 6.20 Å². The smallest absolute Gasteiger partial charge is 0.114 e. The molecular formula is C12H20N2O. The fourth-order valence-corrected chi connectivity index (χ4v) is 2.11. The van der Waals surface area contributed by atoms with Gasteiger partial charge in [0, 0.05) is 24.1 Å². The Hall–Kier alpha value is -0.830. The highest BCUT2D eigenvalue weighted by molar-refractivity contribution is 5.16. The summed E-state index contributed by atoms with van der Waals surface area (Å²) in [6, 6.07) is 0. The van der Waals surface area contributed by atoms with E-state index in [4.69, 9.17) is 0 Å². The van der Waals surface area contributed by atoms with Gasteiger partial charge < -0.3 is 9.67 Å². The van der Waals surface area contributed by atoms with Gasteiger partial charge in [-0.25, -0.2) is 4.98 Å². The average Bonchev–Trinajstić information content (AvgIpc) is 2.59. The molecule has 0 aromatic carbocycles. The van der Waals surface area contributed by atoms with Gasteiger partial charge in [-0.3, -0.25) is 0 Å². The number of nitrogens with zero attached hydrogens (tertiary/aromatic N) is 2. The van der Waals surface area contributed by atoms with Gasteiger partial charge >= 0.3 is 0 Å². The van der Waals surface area contributed by atoms with Gasteiger partial charge in [-0.2, -0.15) is 0 Å². The first-order chi connectivity index (χ1) is 7.02. The predicted molar refractivity (Wildman–Crippen MR) is 60.0 cm³/mol. The second-order valence-electron chi connectivity index (χ2n) is 5.45. The van der Waals surface area contributed by atoms with Crippen molar-refractivity contribution in [2.24, 2.45) is 0 Å². The van der Waals surface area contributed by atoms with Gasteiger partial charge in [-0.15, -0.1) is 0 Å². The summed E-state index contributed by atoms with van der Waals surface area (Å²) in [5.41, 5.74) is 1.24. The van der Waals surface area contributed by atoms with E-state index in [0.717, 1.165) is 30.9 Å². The molecule has 0 aliphatic carbocycles. The zero-order chi connectivity index (χ0) is 11.1. The van der Waals surface area contributed by atoms with Gasteiger partial charge in [0.15, 0.2) is 0 Å². The van der Waals surface area contributed by atoms with Crippen molar-refractivity contribution in [3.05, 3.63) is 17.7 Å². The molecule has 15 heavy (non-hydrogen) atoms. The molecule has 1 aliphatic heterocycles. The number of hydrogen-bond acceptors (Lipinski definition) is 2. The van der Waals surface area contributed by atoms with Crippen LogP contribution in [0.3, 0.4) is 0 Å². The number of imidazole rings is 1. The van der Waals surface area contributed by atoms with Crippen LogP contribution in [0.5, 0.6) is 0 Å². The van der Waals surface area contributed by atoms with E-state index in [1.165, 1.54) is 0 Å². The molecule has 0 saturated heterocycles. The summed E-state index contributed by atoms with van der Waals surface area (Å²) in [5, 5.41) is 9.30. The Kier molecular flexibility index (Phi) is 2.59. The molecular weight excluding hydrogens is 188 g/mol. The van der Waals surface area contributed by atoms with Gasteiger partial charge in [-0.05, 0) is 12.8 Å². The lowest BCUT2D eigenvalue weighted by Gasteiger charge is -2.21. The first-order valence-corrected chi connectivity index (χ1v) is 5.71. The van der Waals surface area contributed by atoms with Crippen molar-refractivity contribution in [1.29, 1.82) is 0 Å². The van der Waals surface area contributed by atoms with Crippen LogP contribution in [0.2, 0.25) is 0 Å². The van der Waals surface area contributed by atoms with Crippen molar-refractivity contribution < 1.29 is 5.11 Å². The molecule has 1 aliphatic rings. The van der Waals surface area contributed by atoms with Crippen LogP contribution in [-0.4, -0.2) is 21.3 Å². The van der Waals surface area contributed by atoms with Crippen molar-refractivity contribution in [2.75, 3.05) is 6.61 Å². The summed E-state index contributed by atoms with van der Waals surface area (Å²) in [6.07, 6.45) is 4.37. The zero-order valence-corrected chi connectivity index (χ0v) is 9.82. The van der Waals surface area contributed by atoms with Crippen LogP contribution in [0, 0.1) is 0 Å². The number of fused-ring (bicyclic) bond motifs is 1. The topological polar surface area (TPSA) is 38.0 Å². The van der Waals surface area contributed by atoms with Crippen molar-refractivity contribution in [3.63, 3.8) is 0 Å². The molecule has 2 heterocycles. The van der Waals surface area contributed by atoms with E-state index in [0.29, 0.717) is 0 Å². The summed E-state index contributed by atoms with van der Waals surface area (Å²) in [5.74, 6) is 1.32. The van der Waals surface area contributed by atoms with E-state index in [2.05, 4.69) is 36.5 Å². The van der Waals surface area contributed by atoms with E-state index in [-0.39, 0.29) is 17.9 Å². The lowest BCUT2D eigenvalue weighted by molar-refractivity contribution is 0.238. The fraction of sp³-hybridized carbons (Fsp3) is 0.750. The molecule has 0 bridgehead atoms. The lowest BCUT2D eigenvalue weighted by atomic mass is 9.93. The summed E-state index contributed by atoms with van der Waals surface area (Å²) < 4.78 is 2.21. The zero-order valence-electron chi connectivity index (χ0n) is 9.82. The molecule has 3 heteroatoms. The second kappa shape index (κ2) is 3.63. The molecule has 0 amide bonds. The van der Waals surface area contributed by atoms with Crippen LogP contribution < -0.4 is 0 Å². The molecule has 1 N–H and O–H groups in total. The van der Waals surface area contributed by atoms with Gasteiger partial charge in [0.25, 0.3) is 0 Å². The first-order valence-electron chi connectivity index (χ1n) is 5.71. The molecule has 0 radical (unpaired) electrons. The van der Waals surface area contributed by atoms with Gasteiger partial charge in [-0.1, -0.05) is 20.8 Å². The molecule has 84 valence electrons. The summed E-state index contributed by atoms with van der Waals surface area (Å²) in [4.78, 5) is 4.68. The molecule has 0 spiro atoms. The summed E-state index contributed by atoms with van der Waals surface area (Å²) in [6.45, 7) is 7.80. The third-order valence-electron chi connectivity index (χ3n) is 3.11. The van der Waals surface area contributed by atoms with E-state index >= 15 is 0 Å². The van der Waals surface area contributed by atoms with Crippen LogP contribution in [0.4, 0.5) is 0 Å². The minimum absolute atomic E-state index is 0.102. The quantitative estimate of drug-likeness (QED) is 0.767. The fourth-order valence-electron chi connectivity index (χ4n) is 2.11. The third-order valence-corrected chi connectivity index (χ3v) is 3.11. The highest BCUT2D eigenvalue weighted by Gasteiger charge is 2.26. The molecule has 0 fully saturated rings. The maximum atomic E-state index is 9.30. The number of aromatic nitrogens is 2. The highest BCUT2D eigenvalue weighted by Crippen LogP contribution is 2.29. The SMILES string of the molecule is CC(C)(C)c1cn2c(n1)C(CO)CCC2. The average molecular weight is 208 g/mol. The van der Waals surface area contributed by atoms with Gasteiger partial charge in [0.1, 0.15) is 5.82 Å². The Morgan fingerprint density at radius 3 is 2.87 bits per heavy atom. The van der Waals surface area contributed by atoms with E-state index < -0.39 is 0 Å². The van der Waals surface area contributed by atoms with E-state index in [1.54, 1.807) is 0 Å². The Bertz CT molecular complexity index is 349. The standard InChI is InChI=1S/C12H20N2O/c1-12(2,3)10-7-14-6-4-5-9(8-15)11(14)13-10/h7,9,15H,4-6,8H2,1-3H3. The van der Waals surface area contributed by atoms with Crippen LogP contribution in [0.1, 0.15) is 51.0 Å². The number of aliphatic hydroxyl groups is 1. The van der Waals surface area contributed by atoms with Crippen LogP contribution >= 0.6 is 0 Å². The Balaban J connectivity index is 2.37. The molecule has 2 rings (SSSR count). The molecule has 3 nitrogen and oxygen atoms in total. The maximum Gasteiger partial charge on any atom is 0.114 e. The Labute approximate surface area is 91.1 Å². The Morgan fingerprint density at radius 1 is 1.53 bits per heavy atom. The number of rotatable bonds is 1.